The Morgan fingerprint density at radius 3 is 2.78 bits per heavy atom. The lowest BCUT2D eigenvalue weighted by Crippen LogP contribution is -2.20. The molecule has 0 radical (unpaired) electrons. The number of hydrogen-bond donors (Lipinski definition) is 1. The second-order valence-electron chi connectivity index (χ2n) is 6.25. The van der Waals surface area contributed by atoms with Crippen LogP contribution in [0, 0.1) is 11.3 Å². The second-order valence-corrected chi connectivity index (χ2v) is 7.54. The van der Waals surface area contributed by atoms with Gasteiger partial charge in [0.1, 0.15) is 0 Å². The van der Waals surface area contributed by atoms with E-state index in [2.05, 4.69) is 47.2 Å². The van der Waals surface area contributed by atoms with Gasteiger partial charge in [0.15, 0.2) is 0 Å². The SMILES string of the molecule is CC1(C)C(CNC2CC2)C1c1cc(Cl)ccc1Br. The van der Waals surface area contributed by atoms with Gasteiger partial charge in [0.2, 0.25) is 0 Å². The van der Waals surface area contributed by atoms with Gasteiger partial charge in [-0.05, 0) is 60.4 Å². The molecule has 0 aliphatic heterocycles. The van der Waals surface area contributed by atoms with Crippen LogP contribution in [0.25, 0.3) is 0 Å². The topological polar surface area (TPSA) is 12.0 Å². The monoisotopic (exact) mass is 327 g/mol. The molecular formula is C15H19BrClN. The second kappa shape index (κ2) is 4.50. The highest BCUT2D eigenvalue weighted by Crippen LogP contribution is 2.65. The molecule has 3 rings (SSSR count). The van der Waals surface area contributed by atoms with Gasteiger partial charge >= 0.3 is 0 Å². The first-order chi connectivity index (χ1) is 8.50. The van der Waals surface area contributed by atoms with Crippen molar-refractivity contribution in [1.29, 1.82) is 0 Å². The predicted molar refractivity (Wildman–Crippen MR) is 80.2 cm³/mol. The van der Waals surface area contributed by atoms with E-state index in [1.54, 1.807) is 0 Å². The summed E-state index contributed by atoms with van der Waals surface area (Å²) in [5, 5.41) is 4.50. The molecule has 0 bridgehead atoms. The summed E-state index contributed by atoms with van der Waals surface area (Å²) in [5.74, 6) is 1.35. The van der Waals surface area contributed by atoms with E-state index in [1.807, 2.05) is 6.07 Å². The number of nitrogens with one attached hydrogen (secondary N) is 1. The highest BCUT2D eigenvalue weighted by molar-refractivity contribution is 9.10. The van der Waals surface area contributed by atoms with E-state index in [1.165, 1.54) is 22.9 Å². The Hall–Kier alpha value is -0.0500. The Bertz CT molecular complexity index is 468. The molecule has 1 aromatic rings. The molecule has 18 heavy (non-hydrogen) atoms. The third-order valence-electron chi connectivity index (χ3n) is 4.55. The van der Waals surface area contributed by atoms with Crippen LogP contribution in [0.1, 0.15) is 38.2 Å². The van der Waals surface area contributed by atoms with E-state index in [-0.39, 0.29) is 0 Å². The van der Waals surface area contributed by atoms with Gasteiger partial charge < -0.3 is 5.32 Å². The van der Waals surface area contributed by atoms with E-state index >= 15 is 0 Å². The summed E-state index contributed by atoms with van der Waals surface area (Å²) in [4.78, 5) is 0. The van der Waals surface area contributed by atoms with Crippen LogP contribution in [0.2, 0.25) is 5.02 Å². The molecule has 0 spiro atoms. The van der Waals surface area contributed by atoms with Crippen molar-refractivity contribution in [2.24, 2.45) is 11.3 Å². The lowest BCUT2D eigenvalue weighted by atomic mass is 10.0. The molecule has 0 aromatic heterocycles. The molecule has 2 saturated carbocycles. The summed E-state index contributed by atoms with van der Waals surface area (Å²) in [5.41, 5.74) is 1.75. The Labute approximate surface area is 122 Å². The van der Waals surface area contributed by atoms with Gasteiger partial charge in [0, 0.05) is 15.5 Å². The van der Waals surface area contributed by atoms with Crippen molar-refractivity contribution in [3.8, 4) is 0 Å². The molecule has 0 heterocycles. The van der Waals surface area contributed by atoms with Gasteiger partial charge in [-0.1, -0.05) is 41.4 Å². The maximum Gasteiger partial charge on any atom is 0.0409 e. The van der Waals surface area contributed by atoms with Crippen LogP contribution in [0.15, 0.2) is 22.7 Å². The van der Waals surface area contributed by atoms with Crippen molar-refractivity contribution in [1.82, 2.24) is 5.32 Å². The van der Waals surface area contributed by atoms with Crippen molar-refractivity contribution in [2.75, 3.05) is 6.54 Å². The zero-order valence-electron chi connectivity index (χ0n) is 10.8. The average molecular weight is 329 g/mol. The van der Waals surface area contributed by atoms with Crippen LogP contribution in [-0.2, 0) is 0 Å². The van der Waals surface area contributed by atoms with E-state index in [0.29, 0.717) is 11.3 Å². The molecule has 2 aliphatic rings. The lowest BCUT2D eigenvalue weighted by Gasteiger charge is -2.06. The minimum Gasteiger partial charge on any atom is -0.314 e. The third kappa shape index (κ3) is 2.35. The van der Waals surface area contributed by atoms with Crippen LogP contribution >= 0.6 is 27.5 Å². The first-order valence-corrected chi connectivity index (χ1v) is 7.85. The highest BCUT2D eigenvalue weighted by Gasteiger charge is 2.58. The van der Waals surface area contributed by atoms with Gasteiger partial charge in [-0.15, -0.1) is 0 Å². The molecule has 2 unspecified atom stereocenters. The van der Waals surface area contributed by atoms with E-state index in [9.17, 15) is 0 Å². The molecule has 3 heteroatoms. The fourth-order valence-corrected chi connectivity index (χ4v) is 3.75. The van der Waals surface area contributed by atoms with Crippen LogP contribution in [0.3, 0.4) is 0 Å². The maximum absolute atomic E-state index is 6.13. The molecule has 98 valence electrons. The summed E-state index contributed by atoms with van der Waals surface area (Å²) < 4.78 is 1.19. The minimum absolute atomic E-state index is 0.384. The van der Waals surface area contributed by atoms with E-state index < -0.39 is 0 Å². The van der Waals surface area contributed by atoms with Crippen LogP contribution in [0.4, 0.5) is 0 Å². The third-order valence-corrected chi connectivity index (χ3v) is 5.50. The maximum atomic E-state index is 6.13. The van der Waals surface area contributed by atoms with Crippen molar-refractivity contribution < 1.29 is 0 Å². The van der Waals surface area contributed by atoms with E-state index in [4.69, 9.17) is 11.6 Å². The summed E-state index contributed by atoms with van der Waals surface area (Å²) in [7, 11) is 0. The summed E-state index contributed by atoms with van der Waals surface area (Å²) in [6.07, 6.45) is 2.72. The average Bonchev–Trinajstić information content (AvgIpc) is 3.18. The Balaban J connectivity index is 1.76. The summed E-state index contributed by atoms with van der Waals surface area (Å²) in [6.45, 7) is 5.87. The fourth-order valence-electron chi connectivity index (χ4n) is 3.08. The zero-order chi connectivity index (χ0) is 12.9. The number of hydrogen-bond acceptors (Lipinski definition) is 1. The Kier molecular flexibility index (Phi) is 3.24. The highest BCUT2D eigenvalue weighted by atomic mass is 79.9. The van der Waals surface area contributed by atoms with Crippen LogP contribution in [-0.4, -0.2) is 12.6 Å². The van der Waals surface area contributed by atoms with Gasteiger partial charge in [-0.3, -0.25) is 0 Å². The number of benzene rings is 1. The zero-order valence-corrected chi connectivity index (χ0v) is 13.2. The summed E-state index contributed by atoms with van der Waals surface area (Å²) >= 11 is 9.79. The molecular weight excluding hydrogens is 310 g/mol. The minimum atomic E-state index is 0.384. The van der Waals surface area contributed by atoms with Crippen molar-refractivity contribution in [3.63, 3.8) is 0 Å². The molecule has 2 atom stereocenters. The predicted octanol–water partition coefficient (Wildman–Crippen LogP) is 4.59. The van der Waals surface area contributed by atoms with Crippen molar-refractivity contribution in [2.45, 2.75) is 38.6 Å². The molecule has 2 aliphatic carbocycles. The standard InChI is InChI=1S/C15H19BrClN/c1-15(2)12(8-18-10-4-5-10)14(15)11-7-9(17)3-6-13(11)16/h3,6-7,10,12,14,18H,4-5,8H2,1-2H3. The number of rotatable bonds is 4. The van der Waals surface area contributed by atoms with E-state index in [0.717, 1.165) is 23.5 Å². The Morgan fingerprint density at radius 2 is 2.11 bits per heavy atom. The lowest BCUT2D eigenvalue weighted by molar-refractivity contribution is 0.517. The van der Waals surface area contributed by atoms with Crippen LogP contribution < -0.4 is 5.32 Å². The molecule has 2 fully saturated rings. The smallest absolute Gasteiger partial charge is 0.0409 e. The summed E-state index contributed by atoms with van der Waals surface area (Å²) in [6, 6.07) is 6.93. The normalized spacial score (nSPS) is 29.3. The van der Waals surface area contributed by atoms with Gasteiger partial charge in [0.25, 0.3) is 0 Å². The number of halogens is 2. The fraction of sp³-hybridized carbons (Fsp3) is 0.600. The van der Waals surface area contributed by atoms with Gasteiger partial charge in [-0.25, -0.2) is 0 Å². The first kappa shape index (κ1) is 13.0. The first-order valence-electron chi connectivity index (χ1n) is 6.68. The van der Waals surface area contributed by atoms with Crippen molar-refractivity contribution >= 4 is 27.5 Å². The van der Waals surface area contributed by atoms with Gasteiger partial charge in [-0.2, -0.15) is 0 Å². The van der Waals surface area contributed by atoms with Crippen LogP contribution in [0.5, 0.6) is 0 Å². The molecule has 1 nitrogen and oxygen atoms in total. The molecule has 0 amide bonds. The largest absolute Gasteiger partial charge is 0.314 e. The van der Waals surface area contributed by atoms with Crippen molar-refractivity contribution in [3.05, 3.63) is 33.3 Å². The molecule has 1 N–H and O–H groups in total. The Morgan fingerprint density at radius 1 is 1.39 bits per heavy atom. The quantitative estimate of drug-likeness (QED) is 0.852. The molecule has 0 saturated heterocycles. The van der Waals surface area contributed by atoms with Gasteiger partial charge in [0.05, 0.1) is 0 Å². The molecule has 1 aromatic carbocycles.